The second-order valence-electron chi connectivity index (χ2n) is 8.35. The summed E-state index contributed by atoms with van der Waals surface area (Å²) in [4.78, 5) is 28.0. The second kappa shape index (κ2) is 9.44. The van der Waals surface area contributed by atoms with Crippen LogP contribution >= 0.6 is 0 Å². The van der Waals surface area contributed by atoms with Gasteiger partial charge in [-0.15, -0.1) is 0 Å². The quantitative estimate of drug-likeness (QED) is 0.797. The molecule has 1 aromatic carbocycles. The molecular formula is C23H34N2O3. The summed E-state index contributed by atoms with van der Waals surface area (Å²) in [6.45, 7) is 2.05. The molecule has 3 rings (SSSR count). The van der Waals surface area contributed by atoms with Gasteiger partial charge in [0.15, 0.2) is 0 Å². The van der Waals surface area contributed by atoms with Gasteiger partial charge in [0.1, 0.15) is 11.3 Å². The van der Waals surface area contributed by atoms with Crippen LogP contribution < -0.4 is 10.1 Å². The predicted octanol–water partition coefficient (Wildman–Crippen LogP) is 4.20. The van der Waals surface area contributed by atoms with E-state index in [9.17, 15) is 9.59 Å². The summed E-state index contributed by atoms with van der Waals surface area (Å²) >= 11 is 0. The third kappa shape index (κ3) is 4.68. The average Bonchev–Trinajstić information content (AvgIpc) is 2.73. The smallest absolute Gasteiger partial charge is 0.246 e. The summed E-state index contributed by atoms with van der Waals surface area (Å²) < 4.78 is 5.24. The number of hydrogen-bond acceptors (Lipinski definition) is 3. The Labute approximate surface area is 168 Å². The molecule has 5 heteroatoms. The first-order valence-corrected chi connectivity index (χ1v) is 10.8. The summed E-state index contributed by atoms with van der Waals surface area (Å²) in [5, 5.41) is 3.32. The van der Waals surface area contributed by atoms with Crippen LogP contribution in [0.5, 0.6) is 5.75 Å². The maximum Gasteiger partial charge on any atom is 0.246 e. The van der Waals surface area contributed by atoms with Gasteiger partial charge in [0.2, 0.25) is 11.8 Å². The first-order chi connectivity index (χ1) is 13.5. The predicted molar refractivity (Wildman–Crippen MR) is 110 cm³/mol. The summed E-state index contributed by atoms with van der Waals surface area (Å²) in [5.41, 5.74) is 0.299. The van der Waals surface area contributed by atoms with Crippen LogP contribution in [0.4, 0.5) is 0 Å². The van der Waals surface area contributed by atoms with Crippen LogP contribution in [0, 0.1) is 0 Å². The highest BCUT2D eigenvalue weighted by atomic mass is 16.5. The molecule has 2 saturated carbocycles. The van der Waals surface area contributed by atoms with E-state index >= 15 is 0 Å². The largest absolute Gasteiger partial charge is 0.497 e. The number of carbonyl (C=O) groups excluding carboxylic acids is 2. The van der Waals surface area contributed by atoms with Crippen molar-refractivity contribution in [1.82, 2.24) is 10.2 Å². The molecule has 2 amide bonds. The lowest BCUT2D eigenvalue weighted by molar-refractivity contribution is -0.150. The zero-order valence-corrected chi connectivity index (χ0v) is 17.3. The van der Waals surface area contributed by atoms with Crippen LogP contribution in [-0.2, 0) is 16.1 Å². The highest BCUT2D eigenvalue weighted by Gasteiger charge is 2.46. The van der Waals surface area contributed by atoms with E-state index in [2.05, 4.69) is 5.32 Å². The Kier molecular flexibility index (Phi) is 6.97. The lowest BCUT2D eigenvalue weighted by Gasteiger charge is -2.45. The number of benzene rings is 1. The van der Waals surface area contributed by atoms with Gasteiger partial charge in [0, 0.05) is 19.5 Å². The minimum absolute atomic E-state index is 0.0310. The Bertz CT molecular complexity index is 659. The van der Waals surface area contributed by atoms with Gasteiger partial charge in [0.05, 0.1) is 7.11 Å². The van der Waals surface area contributed by atoms with Crippen LogP contribution in [0.3, 0.4) is 0 Å². The number of hydrogen-bond donors (Lipinski definition) is 1. The zero-order chi connectivity index (χ0) is 20.0. The maximum atomic E-state index is 13.5. The van der Waals surface area contributed by atoms with Crippen molar-refractivity contribution >= 4 is 11.8 Å². The Hall–Kier alpha value is -2.04. The van der Waals surface area contributed by atoms with Crippen molar-refractivity contribution in [3.63, 3.8) is 0 Å². The SMILES string of the molecule is COc1ccc(CN(C(C)=O)C2(C(=O)NC3CCCCC3)CCCCC2)cc1. The topological polar surface area (TPSA) is 58.6 Å². The second-order valence-corrected chi connectivity index (χ2v) is 8.35. The molecule has 0 spiro atoms. The van der Waals surface area contributed by atoms with Crippen LogP contribution in [0.1, 0.15) is 76.7 Å². The van der Waals surface area contributed by atoms with Crippen molar-refractivity contribution in [2.75, 3.05) is 7.11 Å². The minimum Gasteiger partial charge on any atom is -0.497 e. The lowest BCUT2D eigenvalue weighted by Crippen LogP contribution is -2.62. The molecule has 28 heavy (non-hydrogen) atoms. The fourth-order valence-corrected chi connectivity index (χ4v) is 4.80. The molecule has 0 bridgehead atoms. The Morgan fingerprint density at radius 1 is 1.04 bits per heavy atom. The monoisotopic (exact) mass is 386 g/mol. The third-order valence-electron chi connectivity index (χ3n) is 6.44. The van der Waals surface area contributed by atoms with E-state index in [-0.39, 0.29) is 17.9 Å². The molecular weight excluding hydrogens is 352 g/mol. The number of carbonyl (C=O) groups is 2. The van der Waals surface area contributed by atoms with E-state index in [0.717, 1.165) is 56.3 Å². The van der Waals surface area contributed by atoms with Gasteiger partial charge in [-0.2, -0.15) is 0 Å². The minimum atomic E-state index is -0.721. The molecule has 0 unspecified atom stereocenters. The Balaban J connectivity index is 1.82. The van der Waals surface area contributed by atoms with Crippen molar-refractivity contribution in [1.29, 1.82) is 0 Å². The van der Waals surface area contributed by atoms with E-state index in [1.807, 2.05) is 29.2 Å². The van der Waals surface area contributed by atoms with E-state index in [4.69, 9.17) is 4.74 Å². The number of methoxy groups -OCH3 is 1. The summed E-state index contributed by atoms with van der Waals surface area (Å²) in [6, 6.07) is 8.02. The molecule has 0 radical (unpaired) electrons. The van der Waals surface area contributed by atoms with E-state index in [1.165, 1.54) is 19.3 Å². The van der Waals surface area contributed by atoms with Gasteiger partial charge >= 0.3 is 0 Å². The van der Waals surface area contributed by atoms with Crippen LogP contribution in [0.2, 0.25) is 0 Å². The molecule has 0 aliphatic heterocycles. The van der Waals surface area contributed by atoms with Crippen LogP contribution in [0.25, 0.3) is 0 Å². The van der Waals surface area contributed by atoms with E-state index in [1.54, 1.807) is 14.0 Å². The zero-order valence-electron chi connectivity index (χ0n) is 17.3. The Morgan fingerprint density at radius 2 is 1.64 bits per heavy atom. The molecule has 0 atom stereocenters. The summed E-state index contributed by atoms with van der Waals surface area (Å²) in [5.74, 6) is 0.819. The standard InChI is InChI=1S/C23H34N2O3/c1-18(26)25(17-19-11-13-21(28-2)14-12-19)23(15-7-4-8-16-23)22(27)24-20-9-5-3-6-10-20/h11-14,20H,3-10,15-17H2,1-2H3,(H,24,27). The van der Waals surface area contributed by atoms with Gasteiger partial charge < -0.3 is 15.0 Å². The van der Waals surface area contributed by atoms with Gasteiger partial charge in [-0.1, -0.05) is 50.7 Å². The van der Waals surface area contributed by atoms with Crippen molar-refractivity contribution < 1.29 is 14.3 Å². The van der Waals surface area contributed by atoms with E-state index < -0.39 is 5.54 Å². The maximum absolute atomic E-state index is 13.5. The Morgan fingerprint density at radius 3 is 2.21 bits per heavy atom. The fourth-order valence-electron chi connectivity index (χ4n) is 4.80. The van der Waals surface area contributed by atoms with Gasteiger partial charge in [0.25, 0.3) is 0 Å². The first-order valence-electron chi connectivity index (χ1n) is 10.8. The average molecular weight is 387 g/mol. The van der Waals surface area contributed by atoms with Crippen molar-refractivity contribution in [3.05, 3.63) is 29.8 Å². The highest BCUT2D eigenvalue weighted by molar-refractivity contribution is 5.91. The normalized spacial score (nSPS) is 19.6. The van der Waals surface area contributed by atoms with E-state index in [0.29, 0.717) is 6.54 Å². The van der Waals surface area contributed by atoms with Gasteiger partial charge in [-0.3, -0.25) is 9.59 Å². The van der Waals surface area contributed by atoms with Crippen molar-refractivity contribution in [2.45, 2.75) is 89.3 Å². The molecule has 2 fully saturated rings. The third-order valence-corrected chi connectivity index (χ3v) is 6.44. The number of rotatable bonds is 6. The molecule has 0 saturated heterocycles. The summed E-state index contributed by atoms with van der Waals surface area (Å²) in [6.07, 6.45) is 10.3. The number of amides is 2. The molecule has 0 aromatic heterocycles. The van der Waals surface area contributed by atoms with Gasteiger partial charge in [-0.05, 0) is 43.4 Å². The number of nitrogens with one attached hydrogen (secondary N) is 1. The highest BCUT2D eigenvalue weighted by Crippen LogP contribution is 2.36. The van der Waals surface area contributed by atoms with Crippen molar-refractivity contribution in [3.8, 4) is 5.75 Å². The lowest BCUT2D eigenvalue weighted by atomic mass is 9.78. The summed E-state index contributed by atoms with van der Waals surface area (Å²) in [7, 11) is 1.64. The number of ether oxygens (including phenoxy) is 1. The molecule has 1 N–H and O–H groups in total. The molecule has 1 aromatic rings. The van der Waals surface area contributed by atoms with Crippen LogP contribution in [-0.4, -0.2) is 35.4 Å². The molecule has 5 nitrogen and oxygen atoms in total. The first kappa shape index (κ1) is 20.7. The van der Waals surface area contributed by atoms with Gasteiger partial charge in [-0.25, -0.2) is 0 Å². The molecule has 2 aliphatic carbocycles. The molecule has 2 aliphatic rings. The molecule has 154 valence electrons. The number of nitrogens with zero attached hydrogens (tertiary/aromatic N) is 1. The fraction of sp³-hybridized carbons (Fsp3) is 0.652. The molecule has 0 heterocycles. The van der Waals surface area contributed by atoms with Crippen molar-refractivity contribution in [2.24, 2.45) is 0 Å². The van der Waals surface area contributed by atoms with Crippen LogP contribution in [0.15, 0.2) is 24.3 Å².